The van der Waals surface area contributed by atoms with E-state index in [4.69, 9.17) is 4.74 Å². The van der Waals surface area contributed by atoms with Gasteiger partial charge in [0.15, 0.2) is 0 Å². The lowest BCUT2D eigenvalue weighted by Gasteiger charge is -2.29. The van der Waals surface area contributed by atoms with Gasteiger partial charge in [-0.1, -0.05) is 18.6 Å². The van der Waals surface area contributed by atoms with E-state index in [-0.39, 0.29) is 5.97 Å². The average molecular weight is 262 g/mol. The van der Waals surface area contributed by atoms with E-state index in [0.29, 0.717) is 30.6 Å². The summed E-state index contributed by atoms with van der Waals surface area (Å²) in [5, 5.41) is 9.32. The fourth-order valence-electron chi connectivity index (χ4n) is 2.98. The number of rotatable bonds is 4. The molecule has 1 N–H and O–H groups in total. The molecule has 104 valence electrons. The van der Waals surface area contributed by atoms with Crippen LogP contribution in [0.3, 0.4) is 0 Å². The molecule has 2 rings (SSSR count). The van der Waals surface area contributed by atoms with Crippen molar-refractivity contribution in [2.75, 3.05) is 6.61 Å². The van der Waals surface area contributed by atoms with Gasteiger partial charge < -0.3 is 9.84 Å². The molecule has 0 heterocycles. The monoisotopic (exact) mass is 262 g/mol. The largest absolute Gasteiger partial charge is 0.508 e. The summed E-state index contributed by atoms with van der Waals surface area (Å²) in [5.74, 6) is 1.18. The number of hydrogen-bond donors (Lipinski definition) is 1. The number of carbonyl (C=O) groups is 1. The van der Waals surface area contributed by atoms with Crippen molar-refractivity contribution < 1.29 is 14.6 Å². The van der Waals surface area contributed by atoms with Crippen LogP contribution in [0, 0.1) is 5.92 Å². The van der Waals surface area contributed by atoms with Gasteiger partial charge in [0.25, 0.3) is 0 Å². The van der Waals surface area contributed by atoms with E-state index < -0.39 is 0 Å². The van der Waals surface area contributed by atoms with E-state index in [1.807, 2.05) is 19.1 Å². The van der Waals surface area contributed by atoms with Crippen LogP contribution in [0.15, 0.2) is 24.3 Å². The zero-order valence-corrected chi connectivity index (χ0v) is 11.5. The van der Waals surface area contributed by atoms with Gasteiger partial charge in [0.1, 0.15) is 5.75 Å². The SMILES string of the molecule is CCOC(=O)CC1CCCC(c2ccc(O)cc2)C1. The second-order valence-corrected chi connectivity index (χ2v) is 5.33. The van der Waals surface area contributed by atoms with Gasteiger partial charge in [-0.3, -0.25) is 4.79 Å². The van der Waals surface area contributed by atoms with Crippen molar-refractivity contribution in [3.8, 4) is 5.75 Å². The molecule has 1 saturated carbocycles. The highest BCUT2D eigenvalue weighted by molar-refractivity contribution is 5.69. The average Bonchev–Trinajstić information content (AvgIpc) is 2.40. The highest BCUT2D eigenvalue weighted by Gasteiger charge is 2.25. The summed E-state index contributed by atoms with van der Waals surface area (Å²) >= 11 is 0. The summed E-state index contributed by atoms with van der Waals surface area (Å²) in [6, 6.07) is 7.47. The van der Waals surface area contributed by atoms with Crippen molar-refractivity contribution >= 4 is 5.97 Å². The zero-order valence-electron chi connectivity index (χ0n) is 11.5. The van der Waals surface area contributed by atoms with Crippen LogP contribution < -0.4 is 0 Å². The molecular formula is C16H22O3. The van der Waals surface area contributed by atoms with Crippen molar-refractivity contribution in [3.05, 3.63) is 29.8 Å². The summed E-state index contributed by atoms with van der Waals surface area (Å²) < 4.78 is 5.03. The van der Waals surface area contributed by atoms with Gasteiger partial charge in [-0.05, 0) is 55.7 Å². The van der Waals surface area contributed by atoms with Crippen LogP contribution in [0.5, 0.6) is 5.75 Å². The molecule has 2 atom stereocenters. The highest BCUT2D eigenvalue weighted by atomic mass is 16.5. The maximum absolute atomic E-state index is 11.5. The Morgan fingerprint density at radius 3 is 2.74 bits per heavy atom. The van der Waals surface area contributed by atoms with Crippen LogP contribution in [0.4, 0.5) is 0 Å². The van der Waals surface area contributed by atoms with E-state index in [1.165, 1.54) is 12.0 Å². The summed E-state index contributed by atoms with van der Waals surface area (Å²) in [5.41, 5.74) is 1.27. The van der Waals surface area contributed by atoms with Gasteiger partial charge in [0, 0.05) is 6.42 Å². The molecule has 3 nitrogen and oxygen atoms in total. The summed E-state index contributed by atoms with van der Waals surface area (Å²) in [6.07, 6.45) is 5.04. The van der Waals surface area contributed by atoms with Crippen LogP contribution in [0.1, 0.15) is 50.5 Å². The van der Waals surface area contributed by atoms with Crippen LogP contribution in [-0.2, 0) is 9.53 Å². The minimum Gasteiger partial charge on any atom is -0.508 e. The minimum atomic E-state index is -0.0705. The fraction of sp³-hybridized carbons (Fsp3) is 0.562. The Kier molecular flexibility index (Phi) is 4.83. The van der Waals surface area contributed by atoms with Crippen LogP contribution in [0.2, 0.25) is 0 Å². The maximum Gasteiger partial charge on any atom is 0.306 e. The number of carbonyl (C=O) groups excluding carboxylic acids is 1. The number of phenols is 1. The zero-order chi connectivity index (χ0) is 13.7. The molecular weight excluding hydrogens is 240 g/mol. The normalized spacial score (nSPS) is 23.0. The molecule has 0 bridgehead atoms. The smallest absolute Gasteiger partial charge is 0.306 e. The van der Waals surface area contributed by atoms with Gasteiger partial charge in [-0.25, -0.2) is 0 Å². The maximum atomic E-state index is 11.5. The lowest BCUT2D eigenvalue weighted by molar-refractivity contribution is -0.144. The second kappa shape index (κ2) is 6.60. The summed E-state index contributed by atoms with van der Waals surface area (Å²) in [6.45, 7) is 2.31. The number of aromatic hydroxyl groups is 1. The van der Waals surface area contributed by atoms with Crippen molar-refractivity contribution in [2.45, 2.75) is 44.9 Å². The predicted molar refractivity (Wildman–Crippen MR) is 74.1 cm³/mol. The minimum absolute atomic E-state index is 0.0705. The van der Waals surface area contributed by atoms with E-state index in [0.717, 1.165) is 19.3 Å². The molecule has 0 spiro atoms. The number of esters is 1. The molecule has 1 fully saturated rings. The molecule has 0 saturated heterocycles. The Hall–Kier alpha value is -1.51. The van der Waals surface area contributed by atoms with Gasteiger partial charge in [-0.2, -0.15) is 0 Å². The third-order valence-corrected chi connectivity index (χ3v) is 3.91. The van der Waals surface area contributed by atoms with E-state index >= 15 is 0 Å². The molecule has 0 radical (unpaired) electrons. The van der Waals surface area contributed by atoms with Gasteiger partial charge >= 0.3 is 5.97 Å². The molecule has 1 aromatic rings. The lowest BCUT2D eigenvalue weighted by atomic mass is 9.77. The van der Waals surface area contributed by atoms with Crippen molar-refractivity contribution in [2.24, 2.45) is 5.92 Å². The molecule has 19 heavy (non-hydrogen) atoms. The van der Waals surface area contributed by atoms with Gasteiger partial charge in [0.2, 0.25) is 0 Å². The molecule has 3 heteroatoms. The van der Waals surface area contributed by atoms with Crippen LogP contribution in [0.25, 0.3) is 0 Å². The molecule has 1 aromatic carbocycles. The first kappa shape index (κ1) is 13.9. The molecule has 0 amide bonds. The van der Waals surface area contributed by atoms with Gasteiger partial charge in [-0.15, -0.1) is 0 Å². The molecule has 2 unspecified atom stereocenters. The molecule has 0 aliphatic heterocycles. The molecule has 1 aliphatic rings. The highest BCUT2D eigenvalue weighted by Crippen LogP contribution is 2.38. The summed E-state index contributed by atoms with van der Waals surface area (Å²) in [4.78, 5) is 11.5. The fourth-order valence-corrected chi connectivity index (χ4v) is 2.98. The van der Waals surface area contributed by atoms with Crippen LogP contribution in [-0.4, -0.2) is 17.7 Å². The molecule has 1 aliphatic carbocycles. The van der Waals surface area contributed by atoms with E-state index in [2.05, 4.69) is 0 Å². The Morgan fingerprint density at radius 2 is 2.05 bits per heavy atom. The number of hydrogen-bond acceptors (Lipinski definition) is 3. The third kappa shape index (κ3) is 3.98. The second-order valence-electron chi connectivity index (χ2n) is 5.33. The Morgan fingerprint density at radius 1 is 1.32 bits per heavy atom. The number of benzene rings is 1. The van der Waals surface area contributed by atoms with Crippen molar-refractivity contribution in [3.63, 3.8) is 0 Å². The first-order chi connectivity index (χ1) is 9.19. The van der Waals surface area contributed by atoms with E-state index in [1.54, 1.807) is 12.1 Å². The topological polar surface area (TPSA) is 46.5 Å². The van der Waals surface area contributed by atoms with E-state index in [9.17, 15) is 9.90 Å². The Balaban J connectivity index is 1.93. The first-order valence-electron chi connectivity index (χ1n) is 7.13. The Labute approximate surface area is 114 Å². The first-order valence-corrected chi connectivity index (χ1v) is 7.13. The van der Waals surface area contributed by atoms with Gasteiger partial charge in [0.05, 0.1) is 6.61 Å². The third-order valence-electron chi connectivity index (χ3n) is 3.91. The predicted octanol–water partition coefficient (Wildman–Crippen LogP) is 3.62. The number of ether oxygens (including phenoxy) is 1. The van der Waals surface area contributed by atoms with Crippen molar-refractivity contribution in [1.82, 2.24) is 0 Å². The standard InChI is InChI=1S/C16H22O3/c1-2-19-16(18)11-12-4-3-5-14(10-12)13-6-8-15(17)9-7-13/h6-9,12,14,17H,2-5,10-11H2,1H3. The lowest BCUT2D eigenvalue weighted by Crippen LogP contribution is -2.18. The number of phenolic OH excluding ortho intramolecular Hbond substituents is 1. The Bertz CT molecular complexity index is 411. The van der Waals surface area contributed by atoms with Crippen molar-refractivity contribution in [1.29, 1.82) is 0 Å². The molecule has 0 aromatic heterocycles. The van der Waals surface area contributed by atoms with Crippen LogP contribution >= 0.6 is 0 Å². The quantitative estimate of drug-likeness (QED) is 0.843. The summed E-state index contributed by atoms with van der Waals surface area (Å²) in [7, 11) is 0.